The number of hydrogen-bond donors (Lipinski definition) is 0. The van der Waals surface area contributed by atoms with E-state index >= 15 is 0 Å². The summed E-state index contributed by atoms with van der Waals surface area (Å²) in [6, 6.07) is 4.12. The Morgan fingerprint density at radius 3 is 2.44 bits per heavy atom. The molecule has 32 heavy (non-hydrogen) atoms. The molecule has 180 valence electrons. The molecule has 0 radical (unpaired) electrons. The average Bonchev–Trinajstić information content (AvgIpc) is 2.74. The number of nitrogens with zero attached hydrogens (tertiary/aromatic N) is 2. The lowest BCUT2D eigenvalue weighted by molar-refractivity contribution is 0.0848. The molecule has 0 spiro atoms. The lowest BCUT2D eigenvalue weighted by Crippen LogP contribution is -2.34. The predicted molar refractivity (Wildman–Crippen MR) is 138 cm³/mol. The van der Waals surface area contributed by atoms with Crippen LogP contribution in [0.1, 0.15) is 60.5 Å². The summed E-state index contributed by atoms with van der Waals surface area (Å²) in [5, 5.41) is 0.717. The predicted octanol–water partition coefficient (Wildman–Crippen LogP) is 6.93. The van der Waals surface area contributed by atoms with Crippen LogP contribution < -0.4 is 9.64 Å². The highest BCUT2D eigenvalue weighted by molar-refractivity contribution is 6.32. The van der Waals surface area contributed by atoms with Crippen molar-refractivity contribution < 1.29 is 9.47 Å². The lowest BCUT2D eigenvalue weighted by atomic mass is 9.84. The fraction of sp³-hybridized carbons (Fsp3) is 0.630. The third kappa shape index (κ3) is 5.95. The lowest BCUT2D eigenvalue weighted by Gasteiger charge is -2.38. The highest BCUT2D eigenvalue weighted by Crippen LogP contribution is 2.41. The molecule has 0 saturated heterocycles. The Bertz CT molecular complexity index is 857. The van der Waals surface area contributed by atoms with Gasteiger partial charge in [-0.3, -0.25) is 0 Å². The van der Waals surface area contributed by atoms with Crippen LogP contribution in [0.4, 0.5) is 5.69 Å². The minimum Gasteiger partial charge on any atom is -0.494 e. The zero-order chi connectivity index (χ0) is 24.2. The smallest absolute Gasteiger partial charge is 0.142 e. The maximum absolute atomic E-state index is 6.27. The van der Waals surface area contributed by atoms with E-state index in [2.05, 4.69) is 63.6 Å². The Balaban J connectivity index is 0.000000212. The summed E-state index contributed by atoms with van der Waals surface area (Å²) in [6.07, 6.45) is 4.42. The standard InChI is InChI=1S/C13H18ClNO.C12H19NO.C2H6/c1-13(2)6-5-9-7-10(15(3)4)8-11(14)12(9)16-13;1-8-7-9(2)11-12(10(8)3)14-6-5-13(11)4;1-2/h7-8H,5-6H2,1-4H3;7-8,10H,5-6H2,1-4H3;1-2H3. The number of fused-ring (bicyclic) bond motifs is 1. The molecular formula is C27H43ClN2O2. The first kappa shape index (κ1) is 26.4. The van der Waals surface area contributed by atoms with Gasteiger partial charge in [-0.1, -0.05) is 45.4 Å². The molecule has 2 aliphatic heterocycles. The number of likely N-dealkylation sites (N-methyl/N-ethyl adjacent to an activating group) is 1. The first-order valence-electron chi connectivity index (χ1n) is 12.0. The van der Waals surface area contributed by atoms with Crippen LogP contribution in [0.5, 0.6) is 5.75 Å². The van der Waals surface area contributed by atoms with Crippen molar-refractivity contribution in [2.45, 2.75) is 66.9 Å². The van der Waals surface area contributed by atoms with Gasteiger partial charge >= 0.3 is 0 Å². The van der Waals surface area contributed by atoms with Crippen molar-refractivity contribution in [3.63, 3.8) is 0 Å². The van der Waals surface area contributed by atoms with Crippen LogP contribution in [0.15, 0.2) is 35.2 Å². The molecule has 1 aromatic rings. The maximum atomic E-state index is 6.27. The molecule has 2 heterocycles. The summed E-state index contributed by atoms with van der Waals surface area (Å²) < 4.78 is 11.7. The van der Waals surface area contributed by atoms with Gasteiger partial charge < -0.3 is 19.3 Å². The molecule has 0 amide bonds. The Labute approximate surface area is 201 Å². The van der Waals surface area contributed by atoms with Crippen LogP contribution >= 0.6 is 11.6 Å². The van der Waals surface area contributed by atoms with Gasteiger partial charge in [0.15, 0.2) is 0 Å². The van der Waals surface area contributed by atoms with Gasteiger partial charge in [0.25, 0.3) is 0 Å². The van der Waals surface area contributed by atoms with Crippen LogP contribution in [0.2, 0.25) is 5.02 Å². The Morgan fingerprint density at radius 1 is 1.16 bits per heavy atom. The van der Waals surface area contributed by atoms with Gasteiger partial charge in [-0.2, -0.15) is 0 Å². The summed E-state index contributed by atoms with van der Waals surface area (Å²) in [5.41, 5.74) is 4.94. The number of hydrogen-bond acceptors (Lipinski definition) is 4. The Hall–Kier alpha value is -1.81. The van der Waals surface area contributed by atoms with Crippen LogP contribution in [0, 0.1) is 11.8 Å². The van der Waals surface area contributed by atoms with Crippen molar-refractivity contribution >= 4 is 17.3 Å². The van der Waals surface area contributed by atoms with Gasteiger partial charge in [0.2, 0.25) is 0 Å². The van der Waals surface area contributed by atoms with Crippen LogP contribution in [-0.4, -0.2) is 44.8 Å². The number of allylic oxidation sites excluding steroid dienone is 3. The molecule has 0 aromatic heterocycles. The molecule has 0 saturated carbocycles. The zero-order valence-corrected chi connectivity index (χ0v) is 22.6. The molecule has 0 N–H and O–H groups in total. The fourth-order valence-corrected chi connectivity index (χ4v) is 4.59. The van der Waals surface area contributed by atoms with Crippen molar-refractivity contribution in [3.8, 4) is 5.75 Å². The van der Waals surface area contributed by atoms with E-state index in [1.54, 1.807) is 0 Å². The molecule has 4 rings (SSSR count). The van der Waals surface area contributed by atoms with Crippen molar-refractivity contribution in [2.24, 2.45) is 11.8 Å². The second kappa shape index (κ2) is 10.9. The molecule has 3 aliphatic rings. The number of aryl methyl sites for hydroxylation is 1. The van der Waals surface area contributed by atoms with Crippen LogP contribution in [0.25, 0.3) is 0 Å². The van der Waals surface area contributed by atoms with Crippen molar-refractivity contribution in [2.75, 3.05) is 39.2 Å². The number of anilines is 1. The second-order valence-electron chi connectivity index (χ2n) is 9.65. The molecule has 2 atom stereocenters. The van der Waals surface area contributed by atoms with Gasteiger partial charge in [0.05, 0.1) is 17.3 Å². The normalized spacial score (nSPS) is 23.1. The van der Waals surface area contributed by atoms with Gasteiger partial charge in [0.1, 0.15) is 23.7 Å². The summed E-state index contributed by atoms with van der Waals surface area (Å²) in [6.45, 7) is 16.7. The molecule has 1 aliphatic carbocycles. The number of benzene rings is 1. The van der Waals surface area contributed by atoms with E-state index in [1.807, 2.05) is 34.0 Å². The Morgan fingerprint density at radius 2 is 1.81 bits per heavy atom. The third-order valence-electron chi connectivity index (χ3n) is 6.38. The molecule has 2 unspecified atom stereocenters. The van der Waals surface area contributed by atoms with E-state index in [0.29, 0.717) is 16.9 Å². The first-order valence-corrected chi connectivity index (χ1v) is 12.3. The summed E-state index contributed by atoms with van der Waals surface area (Å²) in [7, 11) is 6.19. The first-order chi connectivity index (χ1) is 15.0. The van der Waals surface area contributed by atoms with Gasteiger partial charge in [0, 0.05) is 32.7 Å². The monoisotopic (exact) mass is 462 g/mol. The molecule has 1 aromatic carbocycles. The van der Waals surface area contributed by atoms with Gasteiger partial charge in [-0.05, 0) is 62.8 Å². The minimum atomic E-state index is -0.101. The number of halogens is 1. The molecule has 0 fully saturated rings. The van der Waals surface area contributed by atoms with E-state index in [4.69, 9.17) is 21.1 Å². The van der Waals surface area contributed by atoms with E-state index in [9.17, 15) is 0 Å². The SMILES string of the molecule is CC.CC1=CC(C)C(C)C2=C1N(C)CCO2.CN(C)c1cc(Cl)c2c(c1)CCC(C)(C)O2. The topological polar surface area (TPSA) is 24.9 Å². The summed E-state index contributed by atoms with van der Waals surface area (Å²) in [4.78, 5) is 4.37. The number of ether oxygens (including phenoxy) is 2. The zero-order valence-electron chi connectivity index (χ0n) is 21.8. The van der Waals surface area contributed by atoms with E-state index < -0.39 is 0 Å². The quantitative estimate of drug-likeness (QED) is 0.451. The van der Waals surface area contributed by atoms with Crippen LogP contribution in [-0.2, 0) is 11.2 Å². The van der Waals surface area contributed by atoms with E-state index in [-0.39, 0.29) is 5.60 Å². The third-order valence-corrected chi connectivity index (χ3v) is 6.67. The molecular weight excluding hydrogens is 420 g/mol. The summed E-state index contributed by atoms with van der Waals surface area (Å²) >= 11 is 6.27. The largest absolute Gasteiger partial charge is 0.494 e. The second-order valence-corrected chi connectivity index (χ2v) is 10.1. The van der Waals surface area contributed by atoms with Crippen molar-refractivity contribution in [1.82, 2.24) is 4.90 Å². The van der Waals surface area contributed by atoms with Gasteiger partial charge in [-0.15, -0.1) is 0 Å². The van der Waals surface area contributed by atoms with E-state index in [1.165, 1.54) is 22.6 Å². The Kier molecular flexibility index (Phi) is 8.98. The summed E-state index contributed by atoms with van der Waals surface area (Å²) in [5.74, 6) is 3.19. The van der Waals surface area contributed by atoms with E-state index in [0.717, 1.165) is 37.4 Å². The highest BCUT2D eigenvalue weighted by Gasteiger charge is 2.31. The molecule has 5 heteroatoms. The molecule has 4 nitrogen and oxygen atoms in total. The van der Waals surface area contributed by atoms with Crippen molar-refractivity contribution in [1.29, 1.82) is 0 Å². The van der Waals surface area contributed by atoms with Crippen LogP contribution in [0.3, 0.4) is 0 Å². The maximum Gasteiger partial charge on any atom is 0.142 e. The number of rotatable bonds is 1. The van der Waals surface area contributed by atoms with Gasteiger partial charge in [-0.25, -0.2) is 0 Å². The molecule has 0 bridgehead atoms. The fourth-order valence-electron chi connectivity index (χ4n) is 4.32. The minimum absolute atomic E-state index is 0.101. The van der Waals surface area contributed by atoms with Crippen molar-refractivity contribution in [3.05, 3.63) is 45.8 Å². The average molecular weight is 463 g/mol. The highest BCUT2D eigenvalue weighted by atomic mass is 35.5.